The number of rotatable bonds is 4. The highest BCUT2D eigenvalue weighted by atomic mass is 16.2. The summed E-state index contributed by atoms with van der Waals surface area (Å²) in [5.74, 6) is -1.11. The third-order valence-corrected chi connectivity index (χ3v) is 1.10. The molecule has 0 aliphatic heterocycles. The van der Waals surface area contributed by atoms with E-state index in [1.54, 1.807) is 7.05 Å². The van der Waals surface area contributed by atoms with Crippen molar-refractivity contribution in [3.8, 4) is 0 Å². The molecule has 0 aliphatic carbocycles. The van der Waals surface area contributed by atoms with Crippen LogP contribution in [-0.2, 0) is 9.59 Å². The molecular weight excluding hydrogens is 134 g/mol. The highest BCUT2D eigenvalue weighted by Gasteiger charge is 2.14. The zero-order valence-electron chi connectivity index (χ0n) is 5.76. The lowest BCUT2D eigenvalue weighted by Gasteiger charge is -2.07. The van der Waals surface area contributed by atoms with Crippen molar-refractivity contribution in [2.45, 2.75) is 12.5 Å². The zero-order valence-corrected chi connectivity index (χ0v) is 5.76. The predicted octanol–water partition coefficient (Wildman–Crippen LogP) is -2.06. The predicted molar refractivity (Wildman–Crippen MR) is 35.9 cm³/mol. The van der Waals surface area contributed by atoms with Crippen LogP contribution in [0, 0.1) is 0 Å². The number of primary amides is 2. The Balaban J connectivity index is 3.83. The summed E-state index contributed by atoms with van der Waals surface area (Å²) in [6, 6.07) is -0.641. The molecule has 5 N–H and O–H groups in total. The molecule has 0 rings (SSSR count). The number of likely N-dealkylation sites (N-methyl/N-ethyl adjacent to an activating group) is 1. The van der Waals surface area contributed by atoms with Gasteiger partial charge in [-0.15, -0.1) is 0 Å². The van der Waals surface area contributed by atoms with Crippen molar-refractivity contribution in [3.63, 3.8) is 0 Å². The molecule has 58 valence electrons. The number of hydrogen-bond acceptors (Lipinski definition) is 3. The van der Waals surface area contributed by atoms with Crippen LogP contribution in [0.1, 0.15) is 6.42 Å². The van der Waals surface area contributed by atoms with Gasteiger partial charge < -0.3 is 16.8 Å². The molecule has 1 atom stereocenters. The normalized spacial score (nSPS) is 12.5. The van der Waals surface area contributed by atoms with Gasteiger partial charge in [0, 0.05) is 0 Å². The summed E-state index contributed by atoms with van der Waals surface area (Å²) in [5, 5.41) is 2.56. The molecule has 0 unspecified atom stereocenters. The van der Waals surface area contributed by atoms with Gasteiger partial charge in [0.25, 0.3) is 0 Å². The van der Waals surface area contributed by atoms with Gasteiger partial charge in [-0.25, -0.2) is 0 Å². The minimum absolute atomic E-state index is 0.0498. The molecule has 0 saturated heterocycles. The molecule has 2 amide bonds. The summed E-state index contributed by atoms with van der Waals surface area (Å²) in [6.07, 6.45) is -0.0498. The van der Waals surface area contributed by atoms with E-state index < -0.39 is 17.9 Å². The fraction of sp³-hybridized carbons (Fsp3) is 0.600. The van der Waals surface area contributed by atoms with Gasteiger partial charge >= 0.3 is 0 Å². The number of carbonyl (C=O) groups is 2. The molecule has 0 aromatic rings. The Morgan fingerprint density at radius 2 is 2.00 bits per heavy atom. The first kappa shape index (κ1) is 8.90. The number of amides is 2. The number of nitrogens with two attached hydrogens (primary N) is 2. The Morgan fingerprint density at radius 1 is 1.50 bits per heavy atom. The lowest BCUT2D eigenvalue weighted by Crippen LogP contribution is -2.41. The molecule has 0 aromatic carbocycles. The van der Waals surface area contributed by atoms with Crippen LogP contribution >= 0.6 is 0 Å². The molecule has 0 fully saturated rings. The van der Waals surface area contributed by atoms with Crippen LogP contribution < -0.4 is 16.8 Å². The van der Waals surface area contributed by atoms with Crippen LogP contribution in [0.3, 0.4) is 0 Å². The van der Waals surface area contributed by atoms with Crippen LogP contribution in [0.4, 0.5) is 0 Å². The van der Waals surface area contributed by atoms with Gasteiger partial charge in [0.2, 0.25) is 11.8 Å². The molecular formula is C5H11N3O2. The van der Waals surface area contributed by atoms with Crippen molar-refractivity contribution < 1.29 is 9.59 Å². The Hall–Kier alpha value is -1.10. The molecule has 0 radical (unpaired) electrons. The molecule has 5 heteroatoms. The Kier molecular flexibility index (Phi) is 3.42. The highest BCUT2D eigenvalue weighted by molar-refractivity contribution is 5.86. The van der Waals surface area contributed by atoms with Crippen LogP contribution in [0.2, 0.25) is 0 Å². The van der Waals surface area contributed by atoms with Crippen LogP contribution in [0.15, 0.2) is 0 Å². The summed E-state index contributed by atoms with van der Waals surface area (Å²) >= 11 is 0. The minimum Gasteiger partial charge on any atom is -0.370 e. The van der Waals surface area contributed by atoms with E-state index >= 15 is 0 Å². The first-order valence-electron chi connectivity index (χ1n) is 2.82. The van der Waals surface area contributed by atoms with Crippen molar-refractivity contribution in [2.24, 2.45) is 11.5 Å². The Bertz CT molecular complexity index is 146. The maximum atomic E-state index is 10.4. The van der Waals surface area contributed by atoms with Crippen molar-refractivity contribution in [1.82, 2.24) is 5.32 Å². The second-order valence-electron chi connectivity index (χ2n) is 1.91. The lowest BCUT2D eigenvalue weighted by molar-refractivity contribution is -0.125. The van der Waals surface area contributed by atoms with E-state index in [-0.39, 0.29) is 6.42 Å². The van der Waals surface area contributed by atoms with Crippen molar-refractivity contribution in [2.75, 3.05) is 7.05 Å². The van der Waals surface area contributed by atoms with Crippen molar-refractivity contribution >= 4 is 11.8 Å². The fourth-order valence-electron chi connectivity index (χ4n) is 0.546. The summed E-state index contributed by atoms with van der Waals surface area (Å²) < 4.78 is 0. The van der Waals surface area contributed by atoms with Gasteiger partial charge in [-0.2, -0.15) is 0 Å². The minimum atomic E-state index is -0.641. The van der Waals surface area contributed by atoms with E-state index in [1.807, 2.05) is 0 Å². The second kappa shape index (κ2) is 3.84. The van der Waals surface area contributed by atoms with E-state index in [1.165, 1.54) is 0 Å². The van der Waals surface area contributed by atoms with Gasteiger partial charge in [0.1, 0.15) is 0 Å². The molecule has 10 heavy (non-hydrogen) atoms. The fourth-order valence-corrected chi connectivity index (χ4v) is 0.546. The van der Waals surface area contributed by atoms with Crippen molar-refractivity contribution in [3.05, 3.63) is 0 Å². The van der Waals surface area contributed by atoms with Gasteiger partial charge in [0.05, 0.1) is 12.5 Å². The van der Waals surface area contributed by atoms with Crippen molar-refractivity contribution in [1.29, 1.82) is 0 Å². The zero-order chi connectivity index (χ0) is 8.15. The van der Waals surface area contributed by atoms with E-state index in [9.17, 15) is 9.59 Å². The number of nitrogens with one attached hydrogen (secondary N) is 1. The standard InChI is InChI=1S/C5H11N3O2/c1-8-3(5(7)10)2-4(6)9/h3,8H,2H2,1H3,(H2,6,9)(H2,7,10)/t3-/m0/s1. The van der Waals surface area contributed by atoms with E-state index in [0.717, 1.165) is 0 Å². The highest BCUT2D eigenvalue weighted by Crippen LogP contribution is 1.86. The summed E-state index contributed by atoms with van der Waals surface area (Å²) in [7, 11) is 1.54. The Labute approximate surface area is 58.8 Å². The maximum absolute atomic E-state index is 10.4. The summed E-state index contributed by atoms with van der Waals surface area (Å²) in [4.78, 5) is 20.7. The third kappa shape index (κ3) is 3.03. The molecule has 0 bridgehead atoms. The third-order valence-electron chi connectivity index (χ3n) is 1.10. The molecule has 0 heterocycles. The molecule has 0 saturated carbocycles. The maximum Gasteiger partial charge on any atom is 0.235 e. The number of hydrogen-bond donors (Lipinski definition) is 3. The van der Waals surface area contributed by atoms with Crippen LogP contribution in [-0.4, -0.2) is 24.9 Å². The lowest BCUT2D eigenvalue weighted by atomic mass is 10.2. The SMILES string of the molecule is CN[C@@H](CC(N)=O)C(N)=O. The summed E-state index contributed by atoms with van der Waals surface area (Å²) in [6.45, 7) is 0. The molecule has 0 aromatic heterocycles. The van der Waals surface area contributed by atoms with Gasteiger partial charge in [0.15, 0.2) is 0 Å². The average Bonchev–Trinajstić information content (AvgIpc) is 1.81. The molecule has 5 nitrogen and oxygen atoms in total. The van der Waals surface area contributed by atoms with Gasteiger partial charge in [-0.1, -0.05) is 0 Å². The quantitative estimate of drug-likeness (QED) is 0.424. The largest absolute Gasteiger partial charge is 0.370 e. The monoisotopic (exact) mass is 145 g/mol. The van der Waals surface area contributed by atoms with E-state index in [2.05, 4.69) is 5.32 Å². The smallest absolute Gasteiger partial charge is 0.235 e. The molecule has 0 aliphatic rings. The van der Waals surface area contributed by atoms with Crippen LogP contribution in [0.5, 0.6) is 0 Å². The average molecular weight is 145 g/mol. The first-order chi connectivity index (χ1) is 4.57. The van der Waals surface area contributed by atoms with E-state index in [0.29, 0.717) is 0 Å². The molecule has 0 spiro atoms. The number of carbonyl (C=O) groups excluding carboxylic acids is 2. The van der Waals surface area contributed by atoms with Gasteiger partial charge in [-0.3, -0.25) is 9.59 Å². The first-order valence-corrected chi connectivity index (χ1v) is 2.82. The summed E-state index contributed by atoms with van der Waals surface area (Å²) in [5.41, 5.74) is 9.71. The Morgan fingerprint density at radius 3 is 2.10 bits per heavy atom. The topological polar surface area (TPSA) is 98.2 Å². The van der Waals surface area contributed by atoms with E-state index in [4.69, 9.17) is 11.5 Å². The van der Waals surface area contributed by atoms with Crippen LogP contribution in [0.25, 0.3) is 0 Å². The second-order valence-corrected chi connectivity index (χ2v) is 1.91. The van der Waals surface area contributed by atoms with Gasteiger partial charge in [-0.05, 0) is 7.05 Å².